The zero-order valence-electron chi connectivity index (χ0n) is 8.97. The molecule has 1 aromatic carbocycles. The summed E-state index contributed by atoms with van der Waals surface area (Å²) in [7, 11) is 0. The van der Waals surface area contributed by atoms with Crippen LogP contribution < -0.4 is 0 Å². The smallest absolute Gasteiger partial charge is 0.346 e. The van der Waals surface area contributed by atoms with Crippen LogP contribution in [0, 0.1) is 12.3 Å². The van der Waals surface area contributed by atoms with E-state index in [1.54, 1.807) is 0 Å². The fourth-order valence-corrected chi connectivity index (χ4v) is 2.67. The number of ether oxygens (including phenoxy) is 1. The van der Waals surface area contributed by atoms with E-state index < -0.39 is 5.97 Å². The zero-order chi connectivity index (χ0) is 12.3. The third kappa shape index (κ3) is 2.31. The third-order valence-corrected chi connectivity index (χ3v) is 3.53. The van der Waals surface area contributed by atoms with Gasteiger partial charge < -0.3 is 9.84 Å². The maximum Gasteiger partial charge on any atom is 0.346 e. The minimum absolute atomic E-state index is 0.184. The lowest BCUT2D eigenvalue weighted by atomic mass is 10.1. The van der Waals surface area contributed by atoms with Gasteiger partial charge in [-0.15, -0.1) is 17.8 Å². The van der Waals surface area contributed by atoms with E-state index in [0.717, 1.165) is 10.1 Å². The Kier molecular flexibility index (Phi) is 3.43. The molecule has 1 aromatic heterocycles. The summed E-state index contributed by atoms with van der Waals surface area (Å²) in [5.74, 6) is 1.44. The number of carboxylic acids is 1. The highest BCUT2D eigenvalue weighted by molar-refractivity contribution is 7.21. The van der Waals surface area contributed by atoms with Crippen molar-refractivity contribution in [3.05, 3.63) is 34.7 Å². The molecule has 0 aliphatic heterocycles. The Hall–Kier alpha value is -1.83. The van der Waals surface area contributed by atoms with Gasteiger partial charge >= 0.3 is 5.97 Å². The van der Waals surface area contributed by atoms with Gasteiger partial charge in [-0.3, -0.25) is 0 Å². The summed E-state index contributed by atoms with van der Waals surface area (Å²) in [5, 5.41) is 10.1. The van der Waals surface area contributed by atoms with Crippen molar-refractivity contribution in [2.75, 3.05) is 6.61 Å². The number of hydrogen-bond donors (Lipinski definition) is 1. The van der Waals surface area contributed by atoms with Crippen molar-refractivity contribution < 1.29 is 14.6 Å². The van der Waals surface area contributed by atoms with Crippen molar-refractivity contribution >= 4 is 27.4 Å². The van der Waals surface area contributed by atoms with Crippen LogP contribution >= 0.6 is 11.3 Å². The van der Waals surface area contributed by atoms with Gasteiger partial charge in [-0.25, -0.2) is 4.79 Å². The van der Waals surface area contributed by atoms with E-state index in [2.05, 4.69) is 5.92 Å². The maximum atomic E-state index is 11.1. The molecule has 0 bridgehead atoms. The molecule has 0 aliphatic rings. The van der Waals surface area contributed by atoms with Gasteiger partial charge in [-0.1, -0.05) is 24.1 Å². The van der Waals surface area contributed by atoms with Crippen molar-refractivity contribution in [1.82, 2.24) is 0 Å². The summed E-state index contributed by atoms with van der Waals surface area (Å²) in [6.45, 7) is 0.416. The minimum Gasteiger partial charge on any atom is -0.477 e. The lowest BCUT2D eigenvalue weighted by Gasteiger charge is -2.01. The predicted molar refractivity (Wildman–Crippen MR) is 67.3 cm³/mol. The molecule has 0 spiro atoms. The van der Waals surface area contributed by atoms with E-state index in [0.29, 0.717) is 10.4 Å². The van der Waals surface area contributed by atoms with Crippen molar-refractivity contribution in [3.8, 4) is 12.3 Å². The fraction of sp³-hybridized carbons (Fsp3) is 0.154. The summed E-state index contributed by atoms with van der Waals surface area (Å²) in [6, 6.07) is 7.56. The molecule has 0 unspecified atom stereocenters. The SMILES string of the molecule is C#CCOCc1c(C(=O)O)sc2ccccc12. The van der Waals surface area contributed by atoms with Crippen molar-refractivity contribution in [2.24, 2.45) is 0 Å². The molecule has 0 saturated heterocycles. The van der Waals surface area contributed by atoms with Gasteiger partial charge in [0.15, 0.2) is 0 Å². The molecule has 3 nitrogen and oxygen atoms in total. The van der Waals surface area contributed by atoms with Gasteiger partial charge in [-0.2, -0.15) is 0 Å². The fourth-order valence-electron chi connectivity index (χ4n) is 1.63. The highest BCUT2D eigenvalue weighted by Gasteiger charge is 2.17. The monoisotopic (exact) mass is 246 g/mol. The van der Waals surface area contributed by atoms with E-state index in [-0.39, 0.29) is 13.2 Å². The Labute approximate surface area is 103 Å². The summed E-state index contributed by atoms with van der Waals surface area (Å²) >= 11 is 1.26. The zero-order valence-corrected chi connectivity index (χ0v) is 9.79. The molecule has 0 radical (unpaired) electrons. The second-order valence-corrected chi connectivity index (χ2v) is 4.46. The molecule has 0 amide bonds. The minimum atomic E-state index is -0.925. The topological polar surface area (TPSA) is 46.5 Å². The molecule has 86 valence electrons. The van der Waals surface area contributed by atoms with E-state index in [1.807, 2.05) is 24.3 Å². The van der Waals surface area contributed by atoms with Crippen LogP contribution in [0.3, 0.4) is 0 Å². The first kappa shape index (κ1) is 11.6. The second kappa shape index (κ2) is 5.00. The van der Waals surface area contributed by atoms with Gasteiger partial charge in [0.05, 0.1) is 6.61 Å². The molecule has 1 heterocycles. The molecule has 0 atom stereocenters. The standard InChI is InChI=1S/C13H10O3S/c1-2-7-16-8-10-9-5-3-4-6-11(9)17-12(10)13(14)15/h1,3-6H,7-8H2,(H,14,15). The van der Waals surface area contributed by atoms with Gasteiger partial charge in [0.1, 0.15) is 11.5 Å². The Bertz CT molecular complexity index is 592. The van der Waals surface area contributed by atoms with Gasteiger partial charge in [0.25, 0.3) is 0 Å². The maximum absolute atomic E-state index is 11.1. The predicted octanol–water partition coefficient (Wildman–Crippen LogP) is 2.75. The van der Waals surface area contributed by atoms with E-state index in [1.165, 1.54) is 11.3 Å². The summed E-state index contributed by atoms with van der Waals surface area (Å²) in [6.07, 6.45) is 5.09. The van der Waals surface area contributed by atoms with Crippen LogP contribution in [0.4, 0.5) is 0 Å². The number of fused-ring (bicyclic) bond motifs is 1. The molecular formula is C13H10O3S. The van der Waals surface area contributed by atoms with Gasteiger partial charge in [0.2, 0.25) is 0 Å². The van der Waals surface area contributed by atoms with Crippen LogP contribution in [0.2, 0.25) is 0 Å². The van der Waals surface area contributed by atoms with Crippen LogP contribution in [0.5, 0.6) is 0 Å². The quantitative estimate of drug-likeness (QED) is 0.666. The first-order valence-electron chi connectivity index (χ1n) is 4.99. The molecular weight excluding hydrogens is 236 g/mol. The Morgan fingerprint density at radius 1 is 1.47 bits per heavy atom. The number of benzene rings is 1. The Morgan fingerprint density at radius 2 is 2.24 bits per heavy atom. The third-order valence-electron chi connectivity index (χ3n) is 2.32. The number of carbonyl (C=O) groups is 1. The molecule has 4 heteroatoms. The first-order chi connectivity index (χ1) is 8.24. The first-order valence-corrected chi connectivity index (χ1v) is 5.80. The second-order valence-electron chi connectivity index (χ2n) is 3.41. The summed E-state index contributed by atoms with van der Waals surface area (Å²) in [5.41, 5.74) is 0.702. The van der Waals surface area contributed by atoms with Crippen molar-refractivity contribution in [1.29, 1.82) is 0 Å². The van der Waals surface area contributed by atoms with Gasteiger partial charge in [-0.05, 0) is 11.5 Å². The van der Waals surface area contributed by atoms with Gasteiger partial charge in [0, 0.05) is 10.3 Å². The molecule has 2 rings (SSSR count). The molecule has 0 saturated carbocycles. The Morgan fingerprint density at radius 3 is 2.94 bits per heavy atom. The lowest BCUT2D eigenvalue weighted by Crippen LogP contribution is -2.00. The van der Waals surface area contributed by atoms with E-state index in [4.69, 9.17) is 16.3 Å². The highest BCUT2D eigenvalue weighted by Crippen LogP contribution is 2.31. The van der Waals surface area contributed by atoms with E-state index >= 15 is 0 Å². The van der Waals surface area contributed by atoms with E-state index in [9.17, 15) is 4.79 Å². The Balaban J connectivity index is 2.45. The lowest BCUT2D eigenvalue weighted by molar-refractivity contribution is 0.0696. The number of thiophene rings is 1. The summed E-state index contributed by atoms with van der Waals surface area (Å²) in [4.78, 5) is 11.5. The normalized spacial score (nSPS) is 10.3. The largest absolute Gasteiger partial charge is 0.477 e. The molecule has 0 fully saturated rings. The van der Waals surface area contributed by atoms with Crippen LogP contribution in [-0.4, -0.2) is 17.7 Å². The van der Waals surface area contributed by atoms with Crippen LogP contribution in [0.15, 0.2) is 24.3 Å². The summed E-state index contributed by atoms with van der Waals surface area (Å²) < 4.78 is 6.18. The van der Waals surface area contributed by atoms with Crippen LogP contribution in [-0.2, 0) is 11.3 Å². The number of rotatable bonds is 4. The average Bonchev–Trinajstić information content (AvgIpc) is 2.69. The van der Waals surface area contributed by atoms with Crippen LogP contribution in [0.1, 0.15) is 15.2 Å². The molecule has 17 heavy (non-hydrogen) atoms. The number of carboxylic acid groups (broad SMARTS) is 1. The van der Waals surface area contributed by atoms with Crippen molar-refractivity contribution in [3.63, 3.8) is 0 Å². The molecule has 1 N–H and O–H groups in total. The molecule has 0 aliphatic carbocycles. The molecule has 2 aromatic rings. The number of hydrogen-bond acceptors (Lipinski definition) is 3. The van der Waals surface area contributed by atoms with Crippen LogP contribution in [0.25, 0.3) is 10.1 Å². The van der Waals surface area contributed by atoms with Crippen molar-refractivity contribution in [2.45, 2.75) is 6.61 Å². The average molecular weight is 246 g/mol. The number of aromatic carboxylic acids is 1. The number of terminal acetylenes is 1. The highest BCUT2D eigenvalue weighted by atomic mass is 32.1.